The fraction of sp³-hybridized carbons (Fsp3) is 0.455. The molecule has 0 radical (unpaired) electrons. The predicted octanol–water partition coefficient (Wildman–Crippen LogP) is 4.51. The summed E-state index contributed by atoms with van der Waals surface area (Å²) < 4.78 is 32.7. The van der Waals surface area contributed by atoms with Crippen LogP contribution >= 0.6 is 0 Å². The highest BCUT2D eigenvalue weighted by Crippen LogP contribution is 2.27. The molecule has 4 nitrogen and oxygen atoms in total. The van der Waals surface area contributed by atoms with Gasteiger partial charge in [-0.05, 0) is 68.4 Å². The number of sulfonamides is 1. The molecule has 0 aromatic heterocycles. The van der Waals surface area contributed by atoms with Crippen LogP contribution in [0.2, 0.25) is 0 Å². The number of ether oxygens (including phenoxy) is 1. The monoisotopic (exact) mass is 387 g/mol. The van der Waals surface area contributed by atoms with E-state index in [1.165, 1.54) is 18.4 Å². The molecule has 0 atom stereocenters. The summed E-state index contributed by atoms with van der Waals surface area (Å²) >= 11 is 0. The van der Waals surface area contributed by atoms with Crippen LogP contribution in [0.25, 0.3) is 0 Å². The fourth-order valence-electron chi connectivity index (χ4n) is 3.70. The van der Waals surface area contributed by atoms with E-state index in [2.05, 4.69) is 24.3 Å². The molecule has 1 saturated heterocycles. The molecule has 0 aliphatic carbocycles. The first-order valence-electron chi connectivity index (χ1n) is 9.86. The quantitative estimate of drug-likeness (QED) is 0.669. The van der Waals surface area contributed by atoms with Crippen LogP contribution in [0.1, 0.15) is 38.2 Å². The van der Waals surface area contributed by atoms with Gasteiger partial charge in [0.05, 0.1) is 11.5 Å². The van der Waals surface area contributed by atoms with Crippen molar-refractivity contribution in [2.24, 2.45) is 5.92 Å². The number of nitrogens with zero attached hydrogens (tertiary/aromatic N) is 1. The van der Waals surface area contributed by atoms with Crippen molar-refractivity contribution < 1.29 is 13.2 Å². The van der Waals surface area contributed by atoms with Crippen LogP contribution in [-0.2, 0) is 16.4 Å². The van der Waals surface area contributed by atoms with Gasteiger partial charge in [0.25, 0.3) is 0 Å². The number of benzene rings is 2. The first-order chi connectivity index (χ1) is 13.1. The van der Waals surface area contributed by atoms with Crippen LogP contribution in [0.3, 0.4) is 0 Å². The van der Waals surface area contributed by atoms with Crippen molar-refractivity contribution in [1.29, 1.82) is 0 Å². The normalized spacial score (nSPS) is 16.3. The molecule has 0 N–H and O–H groups in total. The number of piperidine rings is 1. The molecule has 0 spiro atoms. The minimum Gasteiger partial charge on any atom is -0.494 e. The zero-order valence-corrected chi connectivity index (χ0v) is 16.8. The van der Waals surface area contributed by atoms with Gasteiger partial charge in [-0.25, -0.2) is 8.42 Å². The molecule has 0 saturated carbocycles. The Morgan fingerprint density at radius 2 is 1.67 bits per heavy atom. The number of hydrogen-bond donors (Lipinski definition) is 0. The summed E-state index contributed by atoms with van der Waals surface area (Å²) in [7, 11) is -3.40. The third-order valence-electron chi connectivity index (χ3n) is 5.27. The SMILES string of the molecule is CCOc1ccc(S(=O)(=O)N2CCC(CCCc3ccccc3)CC2)cc1. The molecule has 1 fully saturated rings. The third kappa shape index (κ3) is 5.33. The Kier molecular flexibility index (Phi) is 6.91. The standard InChI is InChI=1S/C22H29NO3S/c1-2-26-21-11-13-22(14-12-21)27(24,25)23-17-15-20(16-18-23)10-6-9-19-7-4-3-5-8-19/h3-5,7-8,11-14,20H,2,6,9-10,15-18H2,1H3. The van der Waals surface area contributed by atoms with E-state index in [1.807, 2.05) is 13.0 Å². The second kappa shape index (κ2) is 9.38. The Bertz CT molecular complexity index is 795. The molecule has 5 heteroatoms. The average molecular weight is 388 g/mol. The lowest BCUT2D eigenvalue weighted by molar-refractivity contribution is 0.260. The Morgan fingerprint density at radius 3 is 2.30 bits per heavy atom. The van der Waals surface area contributed by atoms with Crippen molar-refractivity contribution in [3.8, 4) is 5.75 Å². The van der Waals surface area contributed by atoms with Gasteiger partial charge in [0.1, 0.15) is 5.75 Å². The van der Waals surface area contributed by atoms with Gasteiger partial charge in [-0.1, -0.05) is 36.8 Å². The van der Waals surface area contributed by atoms with E-state index in [0.29, 0.717) is 36.3 Å². The van der Waals surface area contributed by atoms with Crippen molar-refractivity contribution in [1.82, 2.24) is 4.31 Å². The fourth-order valence-corrected chi connectivity index (χ4v) is 5.17. The van der Waals surface area contributed by atoms with Gasteiger partial charge >= 0.3 is 0 Å². The second-order valence-electron chi connectivity index (χ2n) is 7.13. The summed E-state index contributed by atoms with van der Waals surface area (Å²) in [5.74, 6) is 1.33. The molecule has 1 aliphatic rings. The summed E-state index contributed by atoms with van der Waals surface area (Å²) in [4.78, 5) is 0.355. The summed E-state index contributed by atoms with van der Waals surface area (Å²) in [6, 6.07) is 17.3. The molecule has 146 valence electrons. The predicted molar refractivity (Wildman–Crippen MR) is 108 cm³/mol. The molecule has 1 heterocycles. The van der Waals surface area contributed by atoms with Gasteiger partial charge in [0.15, 0.2) is 0 Å². The van der Waals surface area contributed by atoms with Crippen LogP contribution in [0.4, 0.5) is 0 Å². The number of rotatable bonds is 8. The molecule has 0 bridgehead atoms. The highest BCUT2D eigenvalue weighted by Gasteiger charge is 2.29. The Hall–Kier alpha value is -1.85. The van der Waals surface area contributed by atoms with Crippen LogP contribution in [0.15, 0.2) is 59.5 Å². The summed E-state index contributed by atoms with van der Waals surface area (Å²) in [5, 5.41) is 0. The molecule has 2 aromatic carbocycles. The third-order valence-corrected chi connectivity index (χ3v) is 7.18. The molecule has 3 rings (SSSR count). The van der Waals surface area contributed by atoms with Gasteiger partial charge in [0.2, 0.25) is 10.0 Å². The van der Waals surface area contributed by atoms with E-state index in [1.54, 1.807) is 28.6 Å². The van der Waals surface area contributed by atoms with Gasteiger partial charge in [-0.3, -0.25) is 0 Å². The van der Waals surface area contributed by atoms with E-state index in [-0.39, 0.29) is 0 Å². The van der Waals surface area contributed by atoms with E-state index >= 15 is 0 Å². The highest BCUT2D eigenvalue weighted by molar-refractivity contribution is 7.89. The van der Waals surface area contributed by atoms with Crippen LogP contribution in [0, 0.1) is 5.92 Å². The molecular weight excluding hydrogens is 358 g/mol. The van der Waals surface area contributed by atoms with E-state index in [4.69, 9.17) is 4.74 Å². The van der Waals surface area contributed by atoms with Crippen LogP contribution in [-0.4, -0.2) is 32.4 Å². The Balaban J connectivity index is 1.49. The first kappa shape index (κ1) is 19.9. The molecule has 2 aromatic rings. The number of hydrogen-bond acceptors (Lipinski definition) is 3. The smallest absolute Gasteiger partial charge is 0.243 e. The molecule has 0 amide bonds. The number of aryl methyl sites for hydroxylation is 1. The second-order valence-corrected chi connectivity index (χ2v) is 9.07. The molecule has 0 unspecified atom stereocenters. The van der Waals surface area contributed by atoms with E-state index in [0.717, 1.165) is 19.3 Å². The van der Waals surface area contributed by atoms with Crippen LogP contribution in [0.5, 0.6) is 5.75 Å². The summed E-state index contributed by atoms with van der Waals surface area (Å²) in [5.41, 5.74) is 1.38. The first-order valence-corrected chi connectivity index (χ1v) is 11.3. The Morgan fingerprint density at radius 1 is 1.00 bits per heavy atom. The van der Waals surface area contributed by atoms with Crippen molar-refractivity contribution in [3.63, 3.8) is 0 Å². The van der Waals surface area contributed by atoms with Gasteiger partial charge in [-0.15, -0.1) is 0 Å². The van der Waals surface area contributed by atoms with Crippen molar-refractivity contribution in [3.05, 3.63) is 60.2 Å². The summed E-state index contributed by atoms with van der Waals surface area (Å²) in [6.07, 6.45) is 5.34. The zero-order valence-electron chi connectivity index (χ0n) is 16.0. The van der Waals surface area contributed by atoms with E-state index in [9.17, 15) is 8.42 Å². The maximum absolute atomic E-state index is 12.8. The average Bonchev–Trinajstić information content (AvgIpc) is 2.70. The largest absolute Gasteiger partial charge is 0.494 e. The lowest BCUT2D eigenvalue weighted by Gasteiger charge is -2.31. The maximum Gasteiger partial charge on any atom is 0.243 e. The lowest BCUT2D eigenvalue weighted by atomic mass is 9.91. The van der Waals surface area contributed by atoms with Gasteiger partial charge in [0, 0.05) is 13.1 Å². The maximum atomic E-state index is 12.8. The minimum atomic E-state index is -3.40. The lowest BCUT2D eigenvalue weighted by Crippen LogP contribution is -2.38. The van der Waals surface area contributed by atoms with Crippen LogP contribution < -0.4 is 4.74 Å². The molecule has 1 aliphatic heterocycles. The van der Waals surface area contributed by atoms with Gasteiger partial charge < -0.3 is 4.74 Å². The molecule has 27 heavy (non-hydrogen) atoms. The van der Waals surface area contributed by atoms with Crippen molar-refractivity contribution >= 4 is 10.0 Å². The zero-order chi connectivity index (χ0) is 19.1. The summed E-state index contributed by atoms with van der Waals surface area (Å²) in [6.45, 7) is 3.72. The molecular formula is C22H29NO3S. The van der Waals surface area contributed by atoms with E-state index < -0.39 is 10.0 Å². The Labute approximate surface area is 163 Å². The topological polar surface area (TPSA) is 46.6 Å². The highest BCUT2D eigenvalue weighted by atomic mass is 32.2. The minimum absolute atomic E-state index is 0.355. The van der Waals surface area contributed by atoms with Crippen molar-refractivity contribution in [2.75, 3.05) is 19.7 Å². The van der Waals surface area contributed by atoms with Crippen molar-refractivity contribution in [2.45, 2.75) is 43.9 Å². The van der Waals surface area contributed by atoms with Gasteiger partial charge in [-0.2, -0.15) is 4.31 Å².